The first-order chi connectivity index (χ1) is 14.1. The van der Waals surface area contributed by atoms with Gasteiger partial charge < -0.3 is 9.47 Å². The summed E-state index contributed by atoms with van der Waals surface area (Å²) in [6, 6.07) is 10.2. The van der Waals surface area contributed by atoms with Gasteiger partial charge in [-0.1, -0.05) is 24.6 Å². The largest absolute Gasteiger partial charge is 0.475 e. The standard InChI is InChI=1S/C20H23NO7S2/c1-4-27-20(22)19-13-21(30(25,26)15-8-6-14(3)7-9-15)17-12-16(29(23,24)5-2)10-11-18(17)28-19/h6-12,19H,4-5,13H2,1-3H3/t19-/m0/s1. The Morgan fingerprint density at radius 2 is 1.70 bits per heavy atom. The molecule has 0 aliphatic carbocycles. The van der Waals surface area contributed by atoms with E-state index in [1.165, 1.54) is 37.3 Å². The van der Waals surface area contributed by atoms with Gasteiger partial charge in [-0.3, -0.25) is 4.31 Å². The number of aryl methyl sites for hydroxylation is 1. The molecule has 0 saturated heterocycles. The van der Waals surface area contributed by atoms with Gasteiger partial charge in [0.15, 0.2) is 9.84 Å². The molecule has 10 heteroatoms. The molecule has 1 atom stereocenters. The minimum absolute atomic E-state index is 0.0207. The van der Waals surface area contributed by atoms with E-state index in [0.29, 0.717) is 0 Å². The van der Waals surface area contributed by atoms with E-state index >= 15 is 0 Å². The third-order valence-corrected chi connectivity index (χ3v) is 8.22. The van der Waals surface area contributed by atoms with E-state index in [0.717, 1.165) is 9.87 Å². The fourth-order valence-corrected chi connectivity index (χ4v) is 5.38. The first-order valence-corrected chi connectivity index (χ1v) is 12.5. The fraction of sp³-hybridized carbons (Fsp3) is 0.350. The van der Waals surface area contributed by atoms with Gasteiger partial charge in [0.05, 0.1) is 34.4 Å². The first-order valence-electron chi connectivity index (χ1n) is 9.39. The van der Waals surface area contributed by atoms with Gasteiger partial charge in [0.2, 0.25) is 6.10 Å². The lowest BCUT2D eigenvalue weighted by Crippen LogP contribution is -2.47. The van der Waals surface area contributed by atoms with Crippen LogP contribution in [0, 0.1) is 6.92 Å². The van der Waals surface area contributed by atoms with Crippen molar-refractivity contribution in [3.8, 4) is 5.75 Å². The molecule has 30 heavy (non-hydrogen) atoms. The van der Waals surface area contributed by atoms with Crippen molar-refractivity contribution in [2.45, 2.75) is 36.7 Å². The molecule has 0 amide bonds. The fourth-order valence-electron chi connectivity index (χ4n) is 3.01. The number of rotatable bonds is 6. The summed E-state index contributed by atoms with van der Waals surface area (Å²) in [7, 11) is -7.67. The first kappa shape index (κ1) is 22.1. The SMILES string of the molecule is CCOC(=O)[C@@H]1CN(S(=O)(=O)c2ccc(C)cc2)c2cc(S(=O)(=O)CC)ccc2O1. The number of nitrogens with zero attached hydrogens (tertiary/aromatic N) is 1. The maximum Gasteiger partial charge on any atom is 0.349 e. The second-order valence-corrected chi connectivity index (χ2v) is 10.9. The minimum Gasteiger partial charge on any atom is -0.475 e. The zero-order chi connectivity index (χ0) is 22.1. The van der Waals surface area contributed by atoms with Crippen molar-refractivity contribution in [1.82, 2.24) is 0 Å². The summed E-state index contributed by atoms with van der Waals surface area (Å²) in [5.74, 6) is -0.745. The Labute approximate surface area is 176 Å². The Morgan fingerprint density at radius 3 is 2.30 bits per heavy atom. The predicted octanol–water partition coefficient (Wildman–Crippen LogP) is 2.31. The maximum absolute atomic E-state index is 13.4. The average molecular weight is 454 g/mol. The number of anilines is 1. The molecule has 0 aromatic heterocycles. The van der Waals surface area contributed by atoms with Crippen molar-refractivity contribution in [2.75, 3.05) is 23.2 Å². The molecule has 0 N–H and O–H groups in total. The third-order valence-electron chi connectivity index (χ3n) is 4.70. The van der Waals surface area contributed by atoms with Gasteiger partial charge >= 0.3 is 5.97 Å². The van der Waals surface area contributed by atoms with E-state index in [2.05, 4.69) is 0 Å². The summed E-state index contributed by atoms with van der Waals surface area (Å²) in [4.78, 5) is 12.3. The number of sulfonamides is 1. The summed E-state index contributed by atoms with van der Waals surface area (Å²) >= 11 is 0. The van der Waals surface area contributed by atoms with Crippen molar-refractivity contribution < 1.29 is 31.1 Å². The van der Waals surface area contributed by atoms with E-state index < -0.39 is 31.9 Å². The number of benzene rings is 2. The van der Waals surface area contributed by atoms with E-state index in [9.17, 15) is 21.6 Å². The molecule has 1 aliphatic heterocycles. The van der Waals surface area contributed by atoms with Gasteiger partial charge in [-0.2, -0.15) is 0 Å². The minimum atomic E-state index is -4.09. The van der Waals surface area contributed by atoms with Crippen molar-refractivity contribution in [2.24, 2.45) is 0 Å². The van der Waals surface area contributed by atoms with Crippen LogP contribution in [0.1, 0.15) is 19.4 Å². The number of sulfone groups is 1. The van der Waals surface area contributed by atoms with Crippen LogP contribution in [0.15, 0.2) is 52.3 Å². The molecule has 3 rings (SSSR count). The molecule has 2 aromatic rings. The van der Waals surface area contributed by atoms with Crippen molar-refractivity contribution in [3.63, 3.8) is 0 Å². The van der Waals surface area contributed by atoms with Crippen LogP contribution >= 0.6 is 0 Å². The van der Waals surface area contributed by atoms with Crippen LogP contribution in [0.2, 0.25) is 0 Å². The van der Waals surface area contributed by atoms with E-state index in [1.807, 2.05) is 6.92 Å². The lowest BCUT2D eigenvalue weighted by atomic mass is 10.2. The third kappa shape index (κ3) is 4.15. The normalized spacial score (nSPS) is 16.5. The quantitative estimate of drug-likeness (QED) is 0.618. The molecule has 162 valence electrons. The van der Waals surface area contributed by atoms with Crippen molar-refractivity contribution in [1.29, 1.82) is 0 Å². The number of esters is 1. The summed E-state index contributed by atoms with van der Waals surface area (Å²) in [6.07, 6.45) is -1.17. The van der Waals surface area contributed by atoms with E-state index in [-0.39, 0.29) is 40.1 Å². The molecule has 1 heterocycles. The second kappa shape index (κ2) is 8.27. The summed E-state index contributed by atoms with van der Waals surface area (Å²) in [5.41, 5.74) is 0.947. The second-order valence-electron chi connectivity index (χ2n) is 6.74. The van der Waals surface area contributed by atoms with Gasteiger partial charge in [0.1, 0.15) is 5.75 Å². The van der Waals surface area contributed by atoms with Crippen LogP contribution in [-0.4, -0.2) is 47.8 Å². The maximum atomic E-state index is 13.4. The number of carbonyl (C=O) groups excluding carboxylic acids is 1. The van der Waals surface area contributed by atoms with Gasteiger partial charge in [0, 0.05) is 0 Å². The van der Waals surface area contributed by atoms with Gasteiger partial charge in [-0.05, 0) is 44.2 Å². The smallest absolute Gasteiger partial charge is 0.349 e. The topological polar surface area (TPSA) is 107 Å². The highest BCUT2D eigenvalue weighted by atomic mass is 32.2. The highest BCUT2D eigenvalue weighted by Gasteiger charge is 2.39. The molecule has 0 fully saturated rings. The van der Waals surface area contributed by atoms with Gasteiger partial charge in [-0.15, -0.1) is 0 Å². The monoisotopic (exact) mass is 453 g/mol. The Balaban J connectivity index is 2.15. The molecule has 0 bridgehead atoms. The lowest BCUT2D eigenvalue weighted by Gasteiger charge is -2.34. The summed E-state index contributed by atoms with van der Waals surface area (Å²) < 4.78 is 63.1. The Kier molecular flexibility index (Phi) is 6.09. The predicted molar refractivity (Wildman–Crippen MR) is 111 cm³/mol. The van der Waals surface area contributed by atoms with Gasteiger partial charge in [0.25, 0.3) is 10.0 Å². The molecule has 0 radical (unpaired) electrons. The van der Waals surface area contributed by atoms with Crippen LogP contribution in [0.25, 0.3) is 0 Å². The molecule has 2 aromatic carbocycles. The Morgan fingerprint density at radius 1 is 1.07 bits per heavy atom. The average Bonchev–Trinajstić information content (AvgIpc) is 2.72. The Bertz CT molecular complexity index is 1160. The number of fused-ring (bicyclic) bond motifs is 1. The van der Waals surface area contributed by atoms with Crippen LogP contribution in [0.3, 0.4) is 0 Å². The highest BCUT2D eigenvalue weighted by Crippen LogP contribution is 2.39. The van der Waals surface area contributed by atoms with Crippen molar-refractivity contribution >= 4 is 31.5 Å². The highest BCUT2D eigenvalue weighted by molar-refractivity contribution is 7.93. The summed E-state index contributed by atoms with van der Waals surface area (Å²) in [5, 5.41) is 0. The zero-order valence-electron chi connectivity index (χ0n) is 16.9. The number of hydrogen-bond acceptors (Lipinski definition) is 7. The van der Waals surface area contributed by atoms with Gasteiger partial charge in [-0.25, -0.2) is 21.6 Å². The number of carbonyl (C=O) groups is 1. The lowest BCUT2D eigenvalue weighted by molar-refractivity contribution is -0.151. The van der Waals surface area contributed by atoms with Crippen LogP contribution in [-0.2, 0) is 29.4 Å². The van der Waals surface area contributed by atoms with Crippen molar-refractivity contribution in [3.05, 3.63) is 48.0 Å². The Hall–Kier alpha value is -2.59. The zero-order valence-corrected chi connectivity index (χ0v) is 18.5. The molecule has 0 spiro atoms. The van der Waals surface area contributed by atoms with E-state index in [1.54, 1.807) is 19.1 Å². The molecular weight excluding hydrogens is 430 g/mol. The molecular formula is C20H23NO7S2. The molecule has 8 nitrogen and oxygen atoms in total. The molecule has 0 unspecified atom stereocenters. The van der Waals surface area contributed by atoms with Crippen LogP contribution in [0.5, 0.6) is 5.75 Å². The number of hydrogen-bond donors (Lipinski definition) is 0. The summed E-state index contributed by atoms with van der Waals surface area (Å²) in [6.45, 7) is 4.75. The van der Waals surface area contributed by atoms with Crippen LogP contribution < -0.4 is 9.04 Å². The van der Waals surface area contributed by atoms with Crippen LogP contribution in [0.4, 0.5) is 5.69 Å². The molecule has 0 saturated carbocycles. The van der Waals surface area contributed by atoms with E-state index in [4.69, 9.17) is 9.47 Å². The molecule has 1 aliphatic rings. The number of ether oxygens (including phenoxy) is 2.